The van der Waals surface area contributed by atoms with Gasteiger partial charge in [-0.15, -0.1) is 0 Å². The van der Waals surface area contributed by atoms with Gasteiger partial charge in [-0.05, 0) is 50.9 Å². The number of aromatic nitrogens is 4. The van der Waals surface area contributed by atoms with Crippen LogP contribution in [0.25, 0.3) is 11.0 Å². The van der Waals surface area contributed by atoms with E-state index < -0.39 is 0 Å². The van der Waals surface area contributed by atoms with E-state index in [1.165, 1.54) is 0 Å². The fourth-order valence-electron chi connectivity index (χ4n) is 2.42. The quantitative estimate of drug-likeness (QED) is 0.749. The van der Waals surface area contributed by atoms with Crippen molar-refractivity contribution in [3.05, 3.63) is 10.6 Å². The maximum Gasteiger partial charge on any atom is 0.225 e. The summed E-state index contributed by atoms with van der Waals surface area (Å²) in [6.45, 7) is 11.4. The van der Waals surface area contributed by atoms with E-state index in [2.05, 4.69) is 57.4 Å². The molecule has 0 radical (unpaired) electrons. The van der Waals surface area contributed by atoms with Crippen LogP contribution >= 0.6 is 23.2 Å². The van der Waals surface area contributed by atoms with E-state index in [1.807, 2.05) is 0 Å². The summed E-state index contributed by atoms with van der Waals surface area (Å²) < 4.78 is 0. The molecule has 0 N–H and O–H groups in total. The summed E-state index contributed by atoms with van der Waals surface area (Å²) in [7, 11) is 0. The van der Waals surface area contributed by atoms with Crippen LogP contribution in [0.3, 0.4) is 0 Å². The molecule has 0 unspecified atom stereocenters. The third-order valence-corrected chi connectivity index (χ3v) is 3.92. The molecule has 0 aromatic carbocycles. The van der Waals surface area contributed by atoms with Gasteiger partial charge in [-0.25, -0.2) is 9.97 Å². The van der Waals surface area contributed by atoms with Gasteiger partial charge in [0.15, 0.2) is 11.6 Å². The first-order valence-corrected chi connectivity index (χ1v) is 8.21. The van der Waals surface area contributed by atoms with Crippen LogP contribution in [-0.4, -0.2) is 46.1 Å². The Labute approximate surface area is 140 Å². The zero-order valence-corrected chi connectivity index (χ0v) is 14.8. The Morgan fingerprint density at radius 1 is 0.636 bits per heavy atom. The van der Waals surface area contributed by atoms with Gasteiger partial charge in [0.2, 0.25) is 10.6 Å². The maximum atomic E-state index is 6.13. The van der Waals surface area contributed by atoms with Crippen molar-refractivity contribution in [3.8, 4) is 0 Å². The normalized spacial score (nSPS) is 11.0. The minimum atomic E-state index is 0.189. The first-order valence-electron chi connectivity index (χ1n) is 7.46. The monoisotopic (exact) mass is 342 g/mol. The highest BCUT2D eigenvalue weighted by atomic mass is 35.5. The molecule has 2 rings (SSSR count). The third-order valence-electron chi connectivity index (χ3n) is 3.58. The fraction of sp³-hybridized carbons (Fsp3) is 0.571. The number of fused-ring (bicyclic) bond motifs is 1. The van der Waals surface area contributed by atoms with Crippen LogP contribution in [-0.2, 0) is 0 Å². The van der Waals surface area contributed by atoms with E-state index in [9.17, 15) is 0 Å². The summed E-state index contributed by atoms with van der Waals surface area (Å²) >= 11 is 12.3. The average Bonchev–Trinajstić information content (AvgIpc) is 2.50. The van der Waals surface area contributed by atoms with Crippen LogP contribution in [0.5, 0.6) is 0 Å². The Bertz CT molecular complexity index is 598. The molecule has 8 heteroatoms. The molecule has 6 nitrogen and oxygen atoms in total. The number of rotatable bonds is 6. The van der Waals surface area contributed by atoms with Crippen molar-refractivity contribution < 1.29 is 0 Å². The van der Waals surface area contributed by atoms with E-state index in [4.69, 9.17) is 23.2 Å². The number of anilines is 2. The topological polar surface area (TPSA) is 58.0 Å². The number of halogens is 2. The van der Waals surface area contributed by atoms with E-state index >= 15 is 0 Å². The zero-order chi connectivity index (χ0) is 16.3. The Morgan fingerprint density at radius 2 is 0.955 bits per heavy atom. The molecule has 2 heterocycles. The van der Waals surface area contributed by atoms with Gasteiger partial charge in [0.1, 0.15) is 11.0 Å². The van der Waals surface area contributed by atoms with Crippen molar-refractivity contribution in [2.45, 2.75) is 27.7 Å². The Balaban J connectivity index is 2.79. The van der Waals surface area contributed by atoms with Crippen LogP contribution in [0.15, 0.2) is 0 Å². The first kappa shape index (κ1) is 17.0. The van der Waals surface area contributed by atoms with E-state index in [1.54, 1.807) is 0 Å². The molecule has 22 heavy (non-hydrogen) atoms. The van der Waals surface area contributed by atoms with Crippen molar-refractivity contribution >= 4 is 45.9 Å². The average molecular weight is 343 g/mol. The molecule has 0 atom stereocenters. The lowest BCUT2D eigenvalue weighted by Crippen LogP contribution is -2.26. The van der Waals surface area contributed by atoms with Crippen LogP contribution < -0.4 is 9.80 Å². The summed E-state index contributed by atoms with van der Waals surface area (Å²) in [4.78, 5) is 21.5. The second-order valence-electron chi connectivity index (χ2n) is 4.67. The molecule has 0 amide bonds. The Morgan fingerprint density at radius 3 is 1.23 bits per heavy atom. The minimum Gasteiger partial charge on any atom is -0.355 e. The minimum absolute atomic E-state index is 0.189. The number of nitrogens with zero attached hydrogens (tertiary/aromatic N) is 6. The van der Waals surface area contributed by atoms with Gasteiger partial charge >= 0.3 is 0 Å². The van der Waals surface area contributed by atoms with Gasteiger partial charge in [0, 0.05) is 26.2 Å². The Hall–Kier alpha value is -1.40. The van der Waals surface area contributed by atoms with Crippen LogP contribution in [0.1, 0.15) is 27.7 Å². The molecular weight excluding hydrogens is 323 g/mol. The van der Waals surface area contributed by atoms with Gasteiger partial charge in [0.25, 0.3) is 0 Å². The molecule has 0 fully saturated rings. The molecule has 0 aliphatic carbocycles. The predicted octanol–water partition coefficient (Wildman–Crippen LogP) is 3.42. The van der Waals surface area contributed by atoms with E-state index in [-0.39, 0.29) is 10.6 Å². The van der Waals surface area contributed by atoms with E-state index in [0.29, 0.717) is 22.7 Å². The summed E-state index contributed by atoms with van der Waals surface area (Å²) in [5.41, 5.74) is 1.27. The molecule has 0 aliphatic rings. The number of hydrogen-bond donors (Lipinski definition) is 0. The fourth-order valence-corrected chi connectivity index (χ4v) is 2.75. The van der Waals surface area contributed by atoms with Gasteiger partial charge in [0.05, 0.1) is 0 Å². The molecule has 2 aromatic rings. The second kappa shape index (κ2) is 7.24. The van der Waals surface area contributed by atoms with Crippen molar-refractivity contribution in [2.75, 3.05) is 36.0 Å². The summed E-state index contributed by atoms with van der Waals surface area (Å²) in [6, 6.07) is 0. The van der Waals surface area contributed by atoms with Crippen LogP contribution in [0, 0.1) is 0 Å². The smallest absolute Gasteiger partial charge is 0.225 e. The van der Waals surface area contributed by atoms with Gasteiger partial charge < -0.3 is 9.80 Å². The molecule has 120 valence electrons. The third kappa shape index (κ3) is 3.17. The SMILES string of the molecule is CCN(CC)c1nc(Cl)nc2c(N(CC)CC)nc(Cl)nc12. The molecule has 0 bridgehead atoms. The molecular formula is C14H20Cl2N6. The molecule has 0 saturated carbocycles. The molecule has 2 aromatic heterocycles. The van der Waals surface area contributed by atoms with Crippen molar-refractivity contribution in [1.29, 1.82) is 0 Å². The highest BCUT2D eigenvalue weighted by Gasteiger charge is 2.20. The van der Waals surface area contributed by atoms with Gasteiger partial charge in [-0.1, -0.05) is 0 Å². The highest BCUT2D eigenvalue weighted by Crippen LogP contribution is 2.30. The maximum absolute atomic E-state index is 6.13. The van der Waals surface area contributed by atoms with Gasteiger partial charge in [-0.3, -0.25) is 0 Å². The zero-order valence-electron chi connectivity index (χ0n) is 13.3. The predicted molar refractivity (Wildman–Crippen MR) is 92.3 cm³/mol. The summed E-state index contributed by atoms with van der Waals surface area (Å²) in [6.07, 6.45) is 0. The molecule has 0 saturated heterocycles. The Kier molecular flexibility index (Phi) is 5.58. The number of hydrogen-bond acceptors (Lipinski definition) is 6. The molecule has 0 spiro atoms. The lowest BCUT2D eigenvalue weighted by atomic mass is 10.3. The van der Waals surface area contributed by atoms with Crippen molar-refractivity contribution in [2.24, 2.45) is 0 Å². The largest absolute Gasteiger partial charge is 0.355 e. The lowest BCUT2D eigenvalue weighted by Gasteiger charge is -2.24. The van der Waals surface area contributed by atoms with Crippen molar-refractivity contribution in [3.63, 3.8) is 0 Å². The molecule has 0 aliphatic heterocycles. The van der Waals surface area contributed by atoms with Crippen LogP contribution in [0.4, 0.5) is 11.6 Å². The van der Waals surface area contributed by atoms with Crippen LogP contribution in [0.2, 0.25) is 10.6 Å². The first-order chi connectivity index (χ1) is 10.5. The highest BCUT2D eigenvalue weighted by molar-refractivity contribution is 6.30. The van der Waals surface area contributed by atoms with Gasteiger partial charge in [-0.2, -0.15) is 9.97 Å². The standard InChI is InChI=1S/C14H20Cl2N6/c1-5-21(6-2)11-9-10(18-13(15)19-11)12(20-14(16)17-9)22(7-3)8-4/h5-8H2,1-4H3. The summed E-state index contributed by atoms with van der Waals surface area (Å²) in [5.74, 6) is 1.38. The van der Waals surface area contributed by atoms with Crippen molar-refractivity contribution in [1.82, 2.24) is 19.9 Å². The second-order valence-corrected chi connectivity index (χ2v) is 5.35. The lowest BCUT2D eigenvalue weighted by molar-refractivity contribution is 0.836. The summed E-state index contributed by atoms with van der Waals surface area (Å²) in [5, 5.41) is 0.377. The van der Waals surface area contributed by atoms with E-state index in [0.717, 1.165) is 26.2 Å².